The average Bonchev–Trinajstić information content (AvgIpc) is 3.35. The molecule has 0 spiro atoms. The zero-order valence-corrected chi connectivity index (χ0v) is 17.7. The van der Waals surface area contributed by atoms with Gasteiger partial charge in [-0.3, -0.25) is 4.79 Å². The summed E-state index contributed by atoms with van der Waals surface area (Å²) in [7, 11) is -3.87. The lowest BCUT2D eigenvalue weighted by Crippen LogP contribution is -2.11. The average molecular weight is 476 g/mol. The summed E-state index contributed by atoms with van der Waals surface area (Å²) in [5, 5.41) is 22.0. The smallest absolute Gasteiger partial charge is 0.238 e. The Morgan fingerprint density at radius 3 is 2.44 bits per heavy atom. The van der Waals surface area contributed by atoms with Crippen molar-refractivity contribution < 1.29 is 27.1 Å². The van der Waals surface area contributed by atoms with Crippen LogP contribution in [-0.4, -0.2) is 34.6 Å². The molecule has 164 valence electrons. The molecule has 2 aromatic carbocycles. The molecule has 0 amide bonds. The second-order valence-corrected chi connectivity index (χ2v) is 9.13. The third-order valence-electron chi connectivity index (χ3n) is 4.59. The molecule has 0 saturated carbocycles. The molecule has 3 N–H and O–H groups in total. The van der Waals surface area contributed by atoms with Crippen LogP contribution in [0.25, 0.3) is 16.4 Å². The van der Waals surface area contributed by atoms with Crippen LogP contribution in [0, 0.1) is 11.6 Å². The molecule has 0 bridgehead atoms. The van der Waals surface area contributed by atoms with Gasteiger partial charge < -0.3 is 5.11 Å². The molecule has 0 aliphatic rings. The number of primary sulfonamides is 1. The lowest BCUT2D eigenvalue weighted by Gasteiger charge is -2.06. The van der Waals surface area contributed by atoms with Crippen molar-refractivity contribution >= 4 is 27.6 Å². The van der Waals surface area contributed by atoms with Crippen molar-refractivity contribution in [2.45, 2.75) is 11.3 Å². The third kappa shape index (κ3) is 4.15. The summed E-state index contributed by atoms with van der Waals surface area (Å²) >= 11 is 1.06. The van der Waals surface area contributed by atoms with Crippen LogP contribution in [0.2, 0.25) is 0 Å². The van der Waals surface area contributed by atoms with Crippen molar-refractivity contribution in [2.24, 2.45) is 5.14 Å². The minimum absolute atomic E-state index is 0.0776. The number of rotatable bonds is 6. The van der Waals surface area contributed by atoms with Crippen LogP contribution < -0.4 is 5.14 Å². The minimum Gasteiger partial charge on any atom is -0.493 e. The van der Waals surface area contributed by atoms with Gasteiger partial charge in [-0.1, -0.05) is 12.1 Å². The second-order valence-electron chi connectivity index (χ2n) is 6.73. The summed E-state index contributed by atoms with van der Waals surface area (Å²) < 4.78 is 51.3. The van der Waals surface area contributed by atoms with Crippen LogP contribution in [0.3, 0.4) is 0 Å². The van der Waals surface area contributed by atoms with Crippen LogP contribution in [-0.2, 0) is 16.4 Å². The number of halogens is 2. The molecule has 4 aromatic rings. The van der Waals surface area contributed by atoms with E-state index in [1.165, 1.54) is 35.7 Å². The topological polar surface area (TPSA) is 128 Å². The van der Waals surface area contributed by atoms with Crippen molar-refractivity contribution in [3.63, 3.8) is 0 Å². The summed E-state index contributed by atoms with van der Waals surface area (Å²) in [5.74, 6) is -2.43. The Morgan fingerprint density at radius 2 is 1.84 bits per heavy atom. The van der Waals surface area contributed by atoms with Crippen molar-refractivity contribution in [3.8, 4) is 22.3 Å². The van der Waals surface area contributed by atoms with E-state index in [-0.39, 0.29) is 44.8 Å². The SMILES string of the molecule is NS(=O)(=O)c1ccc(Cc2c(-c3ccc(F)c(F)c3)nn(-c3nc(C=O)cs3)c2O)cc1. The molecule has 0 unspecified atom stereocenters. The van der Waals surface area contributed by atoms with Crippen LogP contribution in [0.4, 0.5) is 8.78 Å². The van der Waals surface area contributed by atoms with E-state index in [1.54, 1.807) is 0 Å². The highest BCUT2D eigenvalue weighted by Gasteiger charge is 2.23. The fourth-order valence-electron chi connectivity index (χ4n) is 3.04. The molecule has 4 rings (SSSR count). The van der Waals surface area contributed by atoms with Crippen molar-refractivity contribution in [1.29, 1.82) is 0 Å². The molecular weight excluding hydrogens is 462 g/mol. The van der Waals surface area contributed by atoms with E-state index >= 15 is 0 Å². The van der Waals surface area contributed by atoms with E-state index < -0.39 is 21.7 Å². The fourth-order valence-corrected chi connectivity index (χ4v) is 4.28. The first-order valence-electron chi connectivity index (χ1n) is 8.96. The maximum Gasteiger partial charge on any atom is 0.238 e. The van der Waals surface area contributed by atoms with E-state index in [2.05, 4.69) is 10.1 Å². The summed E-state index contributed by atoms with van der Waals surface area (Å²) in [5.41, 5.74) is 1.39. The Hall–Kier alpha value is -3.48. The van der Waals surface area contributed by atoms with Gasteiger partial charge in [0.15, 0.2) is 17.9 Å². The van der Waals surface area contributed by atoms with Crippen LogP contribution in [0.5, 0.6) is 5.88 Å². The standard InChI is InChI=1S/C20H14F2N4O4S2/c21-16-6-3-12(8-17(16)22)18-15(7-11-1-4-14(5-2-11)32(23,29)30)19(28)26(25-18)20-24-13(9-27)10-31-20/h1-6,8-10,28H,7H2,(H2,23,29,30). The molecule has 0 radical (unpaired) electrons. The number of thiazole rings is 1. The van der Waals surface area contributed by atoms with Crippen LogP contribution in [0.1, 0.15) is 21.6 Å². The number of nitrogens with zero attached hydrogens (tertiary/aromatic N) is 3. The number of benzene rings is 2. The van der Waals surface area contributed by atoms with E-state index in [4.69, 9.17) is 5.14 Å². The van der Waals surface area contributed by atoms with Gasteiger partial charge in [0.2, 0.25) is 21.0 Å². The monoisotopic (exact) mass is 476 g/mol. The number of carbonyl (C=O) groups is 1. The van der Waals surface area contributed by atoms with Gasteiger partial charge in [0.05, 0.1) is 4.90 Å². The molecule has 2 aromatic heterocycles. The molecule has 2 heterocycles. The third-order valence-corrected chi connectivity index (χ3v) is 6.36. The molecule has 0 aliphatic carbocycles. The maximum atomic E-state index is 13.9. The van der Waals surface area contributed by atoms with Gasteiger partial charge in [-0.15, -0.1) is 11.3 Å². The Morgan fingerprint density at radius 1 is 1.12 bits per heavy atom. The number of hydrogen-bond donors (Lipinski definition) is 2. The van der Waals surface area contributed by atoms with Crippen molar-refractivity contribution in [3.05, 3.63) is 76.3 Å². The number of aromatic nitrogens is 3. The van der Waals surface area contributed by atoms with Gasteiger partial charge in [-0.2, -0.15) is 9.78 Å². The highest BCUT2D eigenvalue weighted by Crippen LogP contribution is 2.35. The van der Waals surface area contributed by atoms with Crippen molar-refractivity contribution in [2.75, 3.05) is 0 Å². The van der Waals surface area contributed by atoms with Gasteiger partial charge in [0, 0.05) is 22.9 Å². The maximum absolute atomic E-state index is 13.9. The van der Waals surface area contributed by atoms with Gasteiger partial charge in [0.25, 0.3) is 0 Å². The Bertz CT molecular complexity index is 1430. The number of sulfonamides is 1. The van der Waals surface area contributed by atoms with Crippen LogP contribution >= 0.6 is 11.3 Å². The molecule has 0 atom stereocenters. The van der Waals surface area contributed by atoms with E-state index in [1.807, 2.05) is 0 Å². The predicted molar refractivity (Wildman–Crippen MR) is 112 cm³/mol. The second kappa shape index (κ2) is 8.22. The molecule has 8 nitrogen and oxygen atoms in total. The zero-order valence-electron chi connectivity index (χ0n) is 16.1. The van der Waals surface area contributed by atoms with E-state index in [9.17, 15) is 27.1 Å². The minimum atomic E-state index is -3.87. The van der Waals surface area contributed by atoms with Gasteiger partial charge in [-0.05, 0) is 35.9 Å². The Balaban J connectivity index is 1.83. The first-order valence-corrected chi connectivity index (χ1v) is 11.4. The van der Waals surface area contributed by atoms with Gasteiger partial charge in [-0.25, -0.2) is 27.3 Å². The largest absolute Gasteiger partial charge is 0.493 e. The van der Waals surface area contributed by atoms with E-state index in [0.717, 1.165) is 28.2 Å². The highest BCUT2D eigenvalue weighted by atomic mass is 32.2. The first kappa shape index (κ1) is 21.7. The number of carbonyl (C=O) groups excluding carboxylic acids is 1. The lowest BCUT2D eigenvalue weighted by molar-refractivity contribution is 0.111. The highest BCUT2D eigenvalue weighted by molar-refractivity contribution is 7.89. The number of nitrogens with two attached hydrogens (primary N) is 1. The molecule has 12 heteroatoms. The number of aromatic hydroxyl groups is 1. The number of hydrogen-bond acceptors (Lipinski definition) is 7. The fraction of sp³-hybridized carbons (Fsp3) is 0.0500. The predicted octanol–water partition coefficient (Wildman–Crippen LogP) is 3.03. The first-order chi connectivity index (χ1) is 15.2. The van der Waals surface area contributed by atoms with E-state index in [0.29, 0.717) is 11.8 Å². The summed E-state index contributed by atoms with van der Waals surface area (Å²) in [6.07, 6.45) is 0.627. The summed E-state index contributed by atoms with van der Waals surface area (Å²) in [6, 6.07) is 8.88. The Kier molecular flexibility index (Phi) is 5.59. The molecular formula is C20H14F2N4O4S2. The van der Waals surface area contributed by atoms with Gasteiger partial charge in [0.1, 0.15) is 11.4 Å². The van der Waals surface area contributed by atoms with Crippen molar-refractivity contribution in [1.82, 2.24) is 14.8 Å². The molecule has 0 fully saturated rings. The van der Waals surface area contributed by atoms with Crippen LogP contribution in [0.15, 0.2) is 52.7 Å². The summed E-state index contributed by atoms with van der Waals surface area (Å²) in [4.78, 5) is 14.9. The number of aldehydes is 1. The zero-order chi connectivity index (χ0) is 23.0. The molecule has 32 heavy (non-hydrogen) atoms. The molecule has 0 aliphatic heterocycles. The molecule has 0 saturated heterocycles. The quantitative estimate of drug-likeness (QED) is 0.412. The lowest BCUT2D eigenvalue weighted by atomic mass is 10.0. The summed E-state index contributed by atoms with van der Waals surface area (Å²) in [6.45, 7) is 0. The van der Waals surface area contributed by atoms with Gasteiger partial charge >= 0.3 is 0 Å². The Labute approximate surface area is 184 Å². The normalized spacial score (nSPS) is 11.6.